The minimum atomic E-state index is -0.789. The Morgan fingerprint density at radius 2 is 2.05 bits per heavy atom. The molecule has 0 unspecified atom stereocenters. The summed E-state index contributed by atoms with van der Waals surface area (Å²) in [5.41, 5.74) is 0. The molecular weight excluding hydrogens is 286 g/mol. The van der Waals surface area contributed by atoms with E-state index in [0.717, 1.165) is 30.5 Å². The fraction of sp³-hybridized carbons (Fsp3) is 0.500. The van der Waals surface area contributed by atoms with E-state index in [0.29, 0.717) is 5.75 Å². The second-order valence-corrected chi connectivity index (χ2v) is 8.02. The first-order valence-electron chi connectivity index (χ1n) is 6.93. The van der Waals surface area contributed by atoms with Gasteiger partial charge in [-0.25, -0.2) is 9.97 Å². The van der Waals surface area contributed by atoms with Crippen LogP contribution >= 0.6 is 0 Å². The van der Waals surface area contributed by atoms with Crippen LogP contribution in [0.4, 0.5) is 5.82 Å². The van der Waals surface area contributed by atoms with Crippen molar-refractivity contribution in [3.8, 4) is 5.82 Å². The van der Waals surface area contributed by atoms with Crippen LogP contribution in [-0.4, -0.2) is 47.3 Å². The molecule has 1 saturated heterocycles. The van der Waals surface area contributed by atoms with Crippen LogP contribution in [0.15, 0.2) is 24.8 Å². The Morgan fingerprint density at radius 3 is 2.71 bits per heavy atom. The van der Waals surface area contributed by atoms with Crippen molar-refractivity contribution in [1.82, 2.24) is 19.5 Å². The van der Waals surface area contributed by atoms with Gasteiger partial charge in [-0.2, -0.15) is 0 Å². The van der Waals surface area contributed by atoms with Crippen LogP contribution in [0.1, 0.15) is 19.7 Å². The zero-order valence-corrected chi connectivity index (χ0v) is 13.3. The standard InChI is InChI=1S/C14H19N5OS/c1-11-16-4-5-19(11)13-9-15-8-12(17-13)18-6-7-21(20)14(2,3)10-18/h4-5,8-9H,6-7,10H2,1-3H3/t21-/m0/s1. The van der Waals surface area contributed by atoms with E-state index < -0.39 is 10.8 Å². The lowest BCUT2D eigenvalue weighted by molar-refractivity contribution is 0.586. The molecule has 0 aliphatic carbocycles. The molecule has 1 aliphatic heterocycles. The summed E-state index contributed by atoms with van der Waals surface area (Å²) in [5.74, 6) is 3.13. The molecule has 1 fully saturated rings. The Balaban J connectivity index is 1.90. The topological polar surface area (TPSA) is 63.9 Å². The van der Waals surface area contributed by atoms with Crippen LogP contribution in [0.5, 0.6) is 0 Å². The van der Waals surface area contributed by atoms with Crippen LogP contribution < -0.4 is 4.90 Å². The molecule has 0 N–H and O–H groups in total. The van der Waals surface area contributed by atoms with Gasteiger partial charge < -0.3 is 4.90 Å². The minimum Gasteiger partial charge on any atom is -0.353 e. The molecule has 0 saturated carbocycles. The van der Waals surface area contributed by atoms with Crippen LogP contribution in [0.25, 0.3) is 5.82 Å². The Morgan fingerprint density at radius 1 is 1.29 bits per heavy atom. The van der Waals surface area contributed by atoms with Gasteiger partial charge in [-0.1, -0.05) is 0 Å². The van der Waals surface area contributed by atoms with E-state index in [1.54, 1.807) is 18.6 Å². The third-order valence-corrected chi connectivity index (χ3v) is 5.66. The number of anilines is 1. The van der Waals surface area contributed by atoms with E-state index in [1.807, 2.05) is 31.5 Å². The van der Waals surface area contributed by atoms with Crippen molar-refractivity contribution in [2.24, 2.45) is 0 Å². The lowest BCUT2D eigenvalue weighted by Gasteiger charge is -2.37. The van der Waals surface area contributed by atoms with E-state index in [4.69, 9.17) is 0 Å². The number of hydrogen-bond acceptors (Lipinski definition) is 5. The zero-order valence-electron chi connectivity index (χ0n) is 12.5. The van der Waals surface area contributed by atoms with Gasteiger partial charge in [-0.05, 0) is 20.8 Å². The SMILES string of the molecule is Cc1nccn1-c1cncc(N2CC[S@](=O)C(C)(C)C2)n1. The highest BCUT2D eigenvalue weighted by Crippen LogP contribution is 2.24. The summed E-state index contributed by atoms with van der Waals surface area (Å²) >= 11 is 0. The largest absolute Gasteiger partial charge is 0.353 e. The fourth-order valence-electron chi connectivity index (χ4n) is 2.51. The van der Waals surface area contributed by atoms with E-state index in [9.17, 15) is 4.21 Å². The molecule has 2 aromatic rings. The van der Waals surface area contributed by atoms with Gasteiger partial charge in [0, 0.05) is 42.0 Å². The lowest BCUT2D eigenvalue weighted by atomic mass is 10.2. The second-order valence-electron chi connectivity index (χ2n) is 5.81. The predicted octanol–water partition coefficient (Wildman–Crippen LogP) is 1.32. The smallest absolute Gasteiger partial charge is 0.159 e. The van der Waals surface area contributed by atoms with Gasteiger partial charge in [-0.15, -0.1) is 0 Å². The van der Waals surface area contributed by atoms with Gasteiger partial charge >= 0.3 is 0 Å². The molecule has 1 aliphatic rings. The summed E-state index contributed by atoms with van der Waals surface area (Å²) in [6, 6.07) is 0. The van der Waals surface area contributed by atoms with Gasteiger partial charge in [0.1, 0.15) is 11.6 Å². The summed E-state index contributed by atoms with van der Waals surface area (Å²) in [6.45, 7) is 7.47. The third kappa shape index (κ3) is 2.70. The Kier molecular flexibility index (Phi) is 3.52. The van der Waals surface area contributed by atoms with Crippen molar-refractivity contribution in [3.05, 3.63) is 30.6 Å². The van der Waals surface area contributed by atoms with E-state index in [2.05, 4.69) is 19.9 Å². The Bertz CT molecular complexity index is 682. The average molecular weight is 305 g/mol. The molecule has 3 rings (SSSR count). The van der Waals surface area contributed by atoms with Gasteiger partial charge in [-0.3, -0.25) is 13.8 Å². The summed E-state index contributed by atoms with van der Waals surface area (Å²) in [6.07, 6.45) is 7.11. The van der Waals surface area contributed by atoms with Crippen LogP contribution in [-0.2, 0) is 10.8 Å². The van der Waals surface area contributed by atoms with Gasteiger partial charge in [0.05, 0.1) is 17.1 Å². The Hall–Kier alpha value is -1.76. The van der Waals surface area contributed by atoms with E-state index in [1.165, 1.54) is 0 Å². The van der Waals surface area contributed by atoms with Crippen LogP contribution in [0.3, 0.4) is 0 Å². The normalized spacial score (nSPS) is 21.5. The summed E-state index contributed by atoms with van der Waals surface area (Å²) < 4.78 is 13.7. The van der Waals surface area contributed by atoms with Gasteiger partial charge in [0.15, 0.2) is 5.82 Å². The van der Waals surface area contributed by atoms with Gasteiger partial charge in [0.25, 0.3) is 0 Å². The van der Waals surface area contributed by atoms with Crippen LogP contribution in [0, 0.1) is 6.92 Å². The molecule has 21 heavy (non-hydrogen) atoms. The predicted molar refractivity (Wildman–Crippen MR) is 83.2 cm³/mol. The minimum absolute atomic E-state index is 0.221. The average Bonchev–Trinajstić information content (AvgIpc) is 2.88. The molecule has 0 amide bonds. The molecule has 0 bridgehead atoms. The number of aryl methyl sites for hydroxylation is 1. The summed E-state index contributed by atoms with van der Waals surface area (Å²) in [5, 5.41) is 0. The molecular formula is C14H19N5OS. The monoisotopic (exact) mass is 305 g/mol. The summed E-state index contributed by atoms with van der Waals surface area (Å²) in [4.78, 5) is 15.3. The Labute approximate surface area is 126 Å². The van der Waals surface area contributed by atoms with Crippen molar-refractivity contribution in [2.75, 3.05) is 23.7 Å². The van der Waals surface area contributed by atoms with Crippen molar-refractivity contribution in [1.29, 1.82) is 0 Å². The molecule has 1 atom stereocenters. The summed E-state index contributed by atoms with van der Waals surface area (Å²) in [7, 11) is -0.789. The molecule has 7 heteroatoms. The fourth-order valence-corrected chi connectivity index (χ4v) is 3.75. The zero-order chi connectivity index (χ0) is 15.0. The maximum Gasteiger partial charge on any atom is 0.159 e. The molecule has 0 aromatic carbocycles. The lowest BCUT2D eigenvalue weighted by Crippen LogP contribution is -2.50. The van der Waals surface area contributed by atoms with E-state index >= 15 is 0 Å². The van der Waals surface area contributed by atoms with Crippen LogP contribution in [0.2, 0.25) is 0 Å². The first kappa shape index (κ1) is 14.2. The maximum absolute atomic E-state index is 12.0. The van der Waals surface area contributed by atoms with Crippen molar-refractivity contribution >= 4 is 16.6 Å². The highest BCUT2D eigenvalue weighted by atomic mass is 32.2. The second kappa shape index (κ2) is 5.22. The number of nitrogens with zero attached hydrogens (tertiary/aromatic N) is 5. The quantitative estimate of drug-likeness (QED) is 0.837. The molecule has 6 nitrogen and oxygen atoms in total. The third-order valence-electron chi connectivity index (χ3n) is 3.74. The molecule has 3 heterocycles. The molecule has 0 spiro atoms. The molecule has 2 aromatic heterocycles. The number of hydrogen-bond donors (Lipinski definition) is 0. The highest BCUT2D eigenvalue weighted by Gasteiger charge is 2.33. The van der Waals surface area contributed by atoms with Crippen molar-refractivity contribution < 1.29 is 4.21 Å². The number of imidazole rings is 1. The first-order valence-corrected chi connectivity index (χ1v) is 8.25. The van der Waals surface area contributed by atoms with Crippen molar-refractivity contribution in [3.63, 3.8) is 0 Å². The maximum atomic E-state index is 12.0. The van der Waals surface area contributed by atoms with Crippen molar-refractivity contribution in [2.45, 2.75) is 25.5 Å². The van der Waals surface area contributed by atoms with E-state index in [-0.39, 0.29) is 4.75 Å². The number of rotatable bonds is 2. The molecule has 0 radical (unpaired) electrons. The first-order chi connectivity index (χ1) is 9.97. The van der Waals surface area contributed by atoms with Gasteiger partial charge in [0.2, 0.25) is 0 Å². The number of aromatic nitrogens is 4. The highest BCUT2D eigenvalue weighted by molar-refractivity contribution is 7.86. The molecule has 112 valence electrons.